The predicted molar refractivity (Wildman–Crippen MR) is 91.7 cm³/mol. The Bertz CT molecular complexity index is 834. The number of hydrogen-bond acceptors (Lipinski definition) is 6. The zero-order valence-corrected chi connectivity index (χ0v) is 13.3. The summed E-state index contributed by atoms with van der Waals surface area (Å²) in [6.45, 7) is 0. The molecule has 0 spiro atoms. The number of nitrogens with one attached hydrogen (secondary N) is 2. The first-order valence-corrected chi connectivity index (χ1v) is 8.06. The summed E-state index contributed by atoms with van der Waals surface area (Å²) in [7, 11) is 0. The van der Waals surface area contributed by atoms with Gasteiger partial charge in [-0.25, -0.2) is 14.9 Å². The minimum absolute atomic E-state index is 0.149. The van der Waals surface area contributed by atoms with Gasteiger partial charge in [-0.05, 0) is 29.8 Å². The summed E-state index contributed by atoms with van der Waals surface area (Å²) in [5, 5.41) is 21.0. The number of nitrogens with zero attached hydrogens (tertiary/aromatic N) is 3. The lowest BCUT2D eigenvalue weighted by molar-refractivity contribution is 0.474. The van der Waals surface area contributed by atoms with Crippen molar-refractivity contribution in [2.24, 2.45) is 5.10 Å². The number of benzene rings is 2. The molecule has 8 heteroatoms. The van der Waals surface area contributed by atoms with Gasteiger partial charge in [0.25, 0.3) is 0 Å². The number of phenols is 1. The number of aromatic amines is 1. The summed E-state index contributed by atoms with van der Waals surface area (Å²) in [6, 6.07) is 13.2. The lowest BCUT2D eigenvalue weighted by Gasteiger charge is -1.98. The van der Waals surface area contributed by atoms with Crippen LogP contribution in [-0.4, -0.2) is 26.5 Å². The van der Waals surface area contributed by atoms with Crippen molar-refractivity contribution in [3.63, 3.8) is 0 Å². The van der Waals surface area contributed by atoms with Crippen LogP contribution >= 0.6 is 11.8 Å². The van der Waals surface area contributed by atoms with Gasteiger partial charge in [0.2, 0.25) is 11.1 Å². The molecule has 3 rings (SSSR count). The van der Waals surface area contributed by atoms with Gasteiger partial charge in [-0.3, -0.25) is 0 Å². The Morgan fingerprint density at radius 1 is 1.21 bits per heavy atom. The minimum atomic E-state index is -0.254. The zero-order valence-electron chi connectivity index (χ0n) is 12.5. The molecule has 122 valence electrons. The summed E-state index contributed by atoms with van der Waals surface area (Å²) in [4.78, 5) is 4.23. The molecule has 0 saturated heterocycles. The lowest BCUT2D eigenvalue weighted by Crippen LogP contribution is -1.92. The number of hydrazone groups is 1. The molecular weight excluding hydrogens is 329 g/mol. The second-order valence-electron chi connectivity index (χ2n) is 4.81. The molecule has 1 heterocycles. The molecule has 0 radical (unpaired) electrons. The third-order valence-electron chi connectivity index (χ3n) is 3.06. The number of phenolic OH excluding ortho intramolecular Hbond substituents is 1. The Balaban J connectivity index is 1.54. The second kappa shape index (κ2) is 7.60. The average molecular weight is 343 g/mol. The van der Waals surface area contributed by atoms with E-state index in [-0.39, 0.29) is 11.6 Å². The van der Waals surface area contributed by atoms with E-state index in [0.29, 0.717) is 22.4 Å². The zero-order chi connectivity index (χ0) is 16.8. The quantitative estimate of drug-likeness (QED) is 0.363. The van der Waals surface area contributed by atoms with Crippen molar-refractivity contribution in [1.29, 1.82) is 0 Å². The van der Waals surface area contributed by atoms with E-state index in [2.05, 4.69) is 25.7 Å². The average Bonchev–Trinajstić information content (AvgIpc) is 3.04. The van der Waals surface area contributed by atoms with E-state index in [1.165, 1.54) is 30.1 Å². The first-order valence-electron chi connectivity index (χ1n) is 7.07. The highest BCUT2D eigenvalue weighted by Crippen LogP contribution is 2.20. The third kappa shape index (κ3) is 4.32. The Morgan fingerprint density at radius 2 is 2.00 bits per heavy atom. The minimum Gasteiger partial charge on any atom is -0.507 e. The van der Waals surface area contributed by atoms with Crippen molar-refractivity contribution >= 4 is 23.9 Å². The Kier molecular flexibility index (Phi) is 5.07. The summed E-state index contributed by atoms with van der Waals surface area (Å²) >= 11 is 1.42. The molecule has 24 heavy (non-hydrogen) atoms. The lowest BCUT2D eigenvalue weighted by atomic mass is 10.2. The fourth-order valence-electron chi connectivity index (χ4n) is 1.85. The van der Waals surface area contributed by atoms with Gasteiger partial charge in [-0.1, -0.05) is 36.0 Å². The van der Waals surface area contributed by atoms with Gasteiger partial charge in [-0.2, -0.15) is 10.1 Å². The topological polar surface area (TPSA) is 86.2 Å². The molecule has 3 N–H and O–H groups in total. The maximum atomic E-state index is 12.8. The largest absolute Gasteiger partial charge is 0.507 e. The fraction of sp³-hybridized carbons (Fsp3) is 0.0625. The van der Waals surface area contributed by atoms with Crippen LogP contribution < -0.4 is 5.43 Å². The number of aromatic hydroxyl groups is 1. The first-order chi connectivity index (χ1) is 11.7. The van der Waals surface area contributed by atoms with Crippen LogP contribution in [0.3, 0.4) is 0 Å². The highest BCUT2D eigenvalue weighted by molar-refractivity contribution is 7.98. The van der Waals surface area contributed by atoms with E-state index in [1.54, 1.807) is 36.4 Å². The van der Waals surface area contributed by atoms with E-state index < -0.39 is 0 Å². The molecule has 2 aromatic carbocycles. The van der Waals surface area contributed by atoms with Gasteiger partial charge in [-0.15, -0.1) is 5.10 Å². The molecule has 0 aliphatic heterocycles. The highest BCUT2D eigenvalue weighted by Gasteiger charge is 2.04. The van der Waals surface area contributed by atoms with Crippen molar-refractivity contribution in [2.45, 2.75) is 10.9 Å². The number of thioether (sulfide) groups is 1. The van der Waals surface area contributed by atoms with Gasteiger partial charge < -0.3 is 5.11 Å². The molecule has 0 unspecified atom stereocenters. The van der Waals surface area contributed by atoms with Crippen LogP contribution in [0.4, 0.5) is 10.3 Å². The molecule has 0 atom stereocenters. The van der Waals surface area contributed by atoms with E-state index in [0.717, 1.165) is 5.56 Å². The van der Waals surface area contributed by atoms with Crippen molar-refractivity contribution in [2.75, 3.05) is 5.43 Å². The SMILES string of the molecule is Oc1ccccc1/C=N/Nc1nc(SCc2ccc(F)cc2)n[nH]1. The molecule has 0 saturated carbocycles. The number of aromatic nitrogens is 3. The van der Waals surface area contributed by atoms with Crippen LogP contribution in [0.1, 0.15) is 11.1 Å². The molecule has 0 aliphatic rings. The second-order valence-corrected chi connectivity index (χ2v) is 5.75. The van der Waals surface area contributed by atoms with Crippen LogP contribution in [0.25, 0.3) is 0 Å². The third-order valence-corrected chi connectivity index (χ3v) is 3.98. The molecule has 0 amide bonds. The van der Waals surface area contributed by atoms with Crippen LogP contribution in [-0.2, 0) is 5.75 Å². The van der Waals surface area contributed by atoms with E-state index in [4.69, 9.17) is 0 Å². The van der Waals surface area contributed by atoms with Crippen LogP contribution in [0.15, 0.2) is 58.8 Å². The molecular formula is C16H14FN5OS. The van der Waals surface area contributed by atoms with Crippen LogP contribution in [0.2, 0.25) is 0 Å². The first kappa shape index (κ1) is 16.0. The molecule has 1 aromatic heterocycles. The highest BCUT2D eigenvalue weighted by atomic mass is 32.2. The van der Waals surface area contributed by atoms with Crippen LogP contribution in [0, 0.1) is 5.82 Å². The van der Waals surface area contributed by atoms with Gasteiger partial charge >= 0.3 is 0 Å². The van der Waals surface area contributed by atoms with Crippen molar-refractivity contribution in [3.05, 3.63) is 65.5 Å². The smallest absolute Gasteiger partial charge is 0.240 e. The molecule has 0 aliphatic carbocycles. The van der Waals surface area contributed by atoms with Crippen molar-refractivity contribution < 1.29 is 9.50 Å². The van der Waals surface area contributed by atoms with Gasteiger partial charge in [0.1, 0.15) is 11.6 Å². The number of para-hydroxylation sites is 1. The Morgan fingerprint density at radius 3 is 2.79 bits per heavy atom. The van der Waals surface area contributed by atoms with Gasteiger partial charge in [0.15, 0.2) is 0 Å². The van der Waals surface area contributed by atoms with Gasteiger partial charge in [0, 0.05) is 11.3 Å². The molecule has 0 bridgehead atoms. The van der Waals surface area contributed by atoms with E-state index >= 15 is 0 Å². The summed E-state index contributed by atoms with van der Waals surface area (Å²) in [5.41, 5.74) is 4.29. The standard InChI is InChI=1S/C16H14FN5OS/c17-13-7-5-11(6-8-13)10-24-16-19-15(21-22-16)20-18-9-12-3-1-2-4-14(12)23/h1-9,23H,10H2,(H2,19,20,21,22)/b18-9+. The monoisotopic (exact) mass is 343 g/mol. The van der Waals surface area contributed by atoms with E-state index in [1.807, 2.05) is 0 Å². The van der Waals surface area contributed by atoms with Crippen molar-refractivity contribution in [1.82, 2.24) is 15.2 Å². The number of rotatable bonds is 6. The predicted octanol–water partition coefficient (Wildman–Crippen LogP) is 3.39. The normalized spacial score (nSPS) is 11.0. The molecule has 6 nitrogen and oxygen atoms in total. The maximum Gasteiger partial charge on any atom is 0.240 e. The molecule has 0 fully saturated rings. The number of halogens is 1. The summed E-state index contributed by atoms with van der Waals surface area (Å²) in [5.74, 6) is 0.925. The summed E-state index contributed by atoms with van der Waals surface area (Å²) in [6.07, 6.45) is 1.49. The Labute approximate surface area is 141 Å². The summed E-state index contributed by atoms with van der Waals surface area (Å²) < 4.78 is 12.8. The van der Waals surface area contributed by atoms with Crippen LogP contribution in [0.5, 0.6) is 5.75 Å². The maximum absolute atomic E-state index is 12.8. The number of hydrogen-bond donors (Lipinski definition) is 3. The van der Waals surface area contributed by atoms with Crippen molar-refractivity contribution in [3.8, 4) is 5.75 Å². The van der Waals surface area contributed by atoms with E-state index in [9.17, 15) is 9.50 Å². The Hall–Kier alpha value is -2.87. The molecule has 3 aromatic rings. The fourth-order valence-corrected chi connectivity index (χ4v) is 2.60. The van der Waals surface area contributed by atoms with Gasteiger partial charge in [0.05, 0.1) is 6.21 Å². The number of H-pyrrole nitrogens is 1. The number of anilines is 1.